The van der Waals surface area contributed by atoms with Gasteiger partial charge in [-0.3, -0.25) is 0 Å². The molecule has 0 atom stereocenters. The van der Waals surface area contributed by atoms with Crippen molar-refractivity contribution >= 4 is 17.8 Å². The molecule has 0 amide bonds. The lowest BCUT2D eigenvalue weighted by Crippen LogP contribution is -2.27. The Bertz CT molecular complexity index is 372. The number of benzene rings is 1. The Morgan fingerprint density at radius 1 is 1.50 bits per heavy atom. The van der Waals surface area contributed by atoms with Gasteiger partial charge < -0.3 is 0 Å². The van der Waals surface area contributed by atoms with Gasteiger partial charge in [0.15, 0.2) is 6.19 Å². The summed E-state index contributed by atoms with van der Waals surface area (Å²) in [7, 11) is 0. The van der Waals surface area contributed by atoms with Crippen LogP contribution in [0.2, 0.25) is 0 Å². The van der Waals surface area contributed by atoms with Gasteiger partial charge in [0.1, 0.15) is 0 Å². The third-order valence-electron chi connectivity index (χ3n) is 2.20. The first-order valence-electron chi connectivity index (χ1n) is 4.56. The van der Waals surface area contributed by atoms with Crippen LogP contribution >= 0.6 is 12.1 Å². The smallest absolute Gasteiger partial charge is 0.196 e. The SMILES string of the molecule is CCN1Cc2ccccc2N(C#N)S1. The molecule has 0 aliphatic carbocycles. The van der Waals surface area contributed by atoms with E-state index in [0.717, 1.165) is 18.8 Å². The van der Waals surface area contributed by atoms with E-state index in [1.807, 2.05) is 18.2 Å². The maximum atomic E-state index is 8.98. The van der Waals surface area contributed by atoms with Gasteiger partial charge in [-0.25, -0.2) is 8.61 Å². The Balaban J connectivity index is 2.37. The highest BCUT2D eigenvalue weighted by atomic mass is 32.2. The van der Waals surface area contributed by atoms with Crippen LogP contribution < -0.4 is 4.31 Å². The largest absolute Gasteiger partial charge is 0.227 e. The van der Waals surface area contributed by atoms with Crippen LogP contribution in [-0.2, 0) is 6.54 Å². The molecular weight excluding hydrogens is 194 g/mol. The summed E-state index contributed by atoms with van der Waals surface area (Å²) in [5, 5.41) is 8.98. The number of hydrogen-bond donors (Lipinski definition) is 0. The lowest BCUT2D eigenvalue weighted by Gasteiger charge is -2.30. The molecule has 1 aromatic carbocycles. The molecule has 0 spiro atoms. The van der Waals surface area contributed by atoms with E-state index in [2.05, 4.69) is 23.5 Å². The Hall–Kier alpha value is -1.18. The third kappa shape index (κ3) is 1.57. The van der Waals surface area contributed by atoms with Gasteiger partial charge in [0.25, 0.3) is 0 Å². The molecule has 14 heavy (non-hydrogen) atoms. The number of hydrogen-bond acceptors (Lipinski definition) is 4. The van der Waals surface area contributed by atoms with Crippen LogP contribution in [-0.4, -0.2) is 10.8 Å². The quantitative estimate of drug-likeness (QED) is 0.520. The molecule has 72 valence electrons. The number of para-hydroxylation sites is 1. The van der Waals surface area contributed by atoms with Gasteiger partial charge in [-0.05, 0) is 11.6 Å². The van der Waals surface area contributed by atoms with Crippen molar-refractivity contribution in [3.63, 3.8) is 0 Å². The fourth-order valence-corrected chi connectivity index (χ4v) is 2.31. The topological polar surface area (TPSA) is 30.3 Å². The van der Waals surface area contributed by atoms with Crippen LogP contribution in [0.5, 0.6) is 0 Å². The minimum atomic E-state index is 0.912. The van der Waals surface area contributed by atoms with E-state index in [1.165, 1.54) is 17.7 Å². The van der Waals surface area contributed by atoms with Crippen molar-refractivity contribution in [1.82, 2.24) is 4.31 Å². The highest BCUT2D eigenvalue weighted by molar-refractivity contribution is 7.98. The molecule has 1 aliphatic heterocycles. The Labute approximate surface area is 88.2 Å². The highest BCUT2D eigenvalue weighted by Crippen LogP contribution is 2.34. The third-order valence-corrected chi connectivity index (χ3v) is 3.26. The summed E-state index contributed by atoms with van der Waals surface area (Å²) in [5.41, 5.74) is 2.24. The minimum Gasteiger partial charge on any atom is -0.227 e. The number of nitriles is 1. The average molecular weight is 205 g/mol. The summed E-state index contributed by atoms with van der Waals surface area (Å²) in [6.45, 7) is 3.95. The zero-order chi connectivity index (χ0) is 9.97. The summed E-state index contributed by atoms with van der Waals surface area (Å²) in [4.78, 5) is 0. The summed E-state index contributed by atoms with van der Waals surface area (Å²) >= 11 is 1.48. The standard InChI is InChI=1S/C10H11N3S/c1-2-12-7-9-5-3-4-6-10(9)13(8-11)14-12/h3-6H,2,7H2,1H3. The second kappa shape index (κ2) is 3.91. The van der Waals surface area contributed by atoms with Gasteiger partial charge in [-0.2, -0.15) is 5.26 Å². The van der Waals surface area contributed by atoms with Crippen LogP contribution in [0, 0.1) is 11.5 Å². The van der Waals surface area contributed by atoms with Crippen molar-refractivity contribution in [2.24, 2.45) is 0 Å². The molecule has 0 aromatic heterocycles. The Kier molecular flexibility index (Phi) is 2.62. The number of anilines is 1. The van der Waals surface area contributed by atoms with Gasteiger partial charge in [0.05, 0.1) is 17.8 Å². The number of nitrogens with zero attached hydrogens (tertiary/aromatic N) is 3. The monoisotopic (exact) mass is 205 g/mol. The first kappa shape index (κ1) is 9.38. The lowest BCUT2D eigenvalue weighted by atomic mass is 10.2. The van der Waals surface area contributed by atoms with E-state index in [-0.39, 0.29) is 0 Å². The molecule has 1 aliphatic rings. The van der Waals surface area contributed by atoms with Crippen LogP contribution in [0.4, 0.5) is 5.69 Å². The van der Waals surface area contributed by atoms with Crippen molar-refractivity contribution in [1.29, 1.82) is 5.26 Å². The molecule has 0 bridgehead atoms. The van der Waals surface area contributed by atoms with E-state index >= 15 is 0 Å². The summed E-state index contributed by atoms with van der Waals surface area (Å²) < 4.78 is 3.81. The summed E-state index contributed by atoms with van der Waals surface area (Å²) in [6, 6.07) is 8.03. The van der Waals surface area contributed by atoms with Crippen molar-refractivity contribution in [3.05, 3.63) is 29.8 Å². The maximum Gasteiger partial charge on any atom is 0.196 e. The molecule has 0 unspecified atom stereocenters. The summed E-state index contributed by atoms with van der Waals surface area (Å²) in [5.74, 6) is 0. The van der Waals surface area contributed by atoms with Gasteiger partial charge in [-0.15, -0.1) is 0 Å². The molecule has 3 nitrogen and oxygen atoms in total. The molecule has 0 saturated carbocycles. The minimum absolute atomic E-state index is 0.912. The van der Waals surface area contributed by atoms with Crippen LogP contribution in [0.1, 0.15) is 12.5 Å². The van der Waals surface area contributed by atoms with Gasteiger partial charge in [-0.1, -0.05) is 25.1 Å². The van der Waals surface area contributed by atoms with E-state index < -0.39 is 0 Å². The first-order chi connectivity index (χ1) is 6.85. The second-order valence-electron chi connectivity index (χ2n) is 3.06. The number of rotatable bonds is 1. The van der Waals surface area contributed by atoms with Gasteiger partial charge >= 0.3 is 0 Å². The summed E-state index contributed by atoms with van der Waals surface area (Å²) in [6.07, 6.45) is 2.18. The van der Waals surface area contributed by atoms with Crippen LogP contribution in [0.25, 0.3) is 0 Å². The zero-order valence-corrected chi connectivity index (χ0v) is 8.79. The van der Waals surface area contributed by atoms with Crippen LogP contribution in [0.3, 0.4) is 0 Å². The Morgan fingerprint density at radius 3 is 3.00 bits per heavy atom. The van der Waals surface area contributed by atoms with Crippen molar-refractivity contribution in [2.75, 3.05) is 10.8 Å². The van der Waals surface area contributed by atoms with Crippen molar-refractivity contribution in [3.8, 4) is 6.19 Å². The zero-order valence-electron chi connectivity index (χ0n) is 7.97. The van der Waals surface area contributed by atoms with Crippen molar-refractivity contribution in [2.45, 2.75) is 13.5 Å². The number of fused-ring (bicyclic) bond motifs is 1. The molecule has 4 heteroatoms. The molecule has 0 saturated heterocycles. The van der Waals surface area contributed by atoms with E-state index in [0.29, 0.717) is 0 Å². The fourth-order valence-electron chi connectivity index (χ4n) is 1.46. The van der Waals surface area contributed by atoms with Crippen molar-refractivity contribution < 1.29 is 0 Å². The molecule has 1 aromatic rings. The van der Waals surface area contributed by atoms with E-state index in [1.54, 1.807) is 4.31 Å². The highest BCUT2D eigenvalue weighted by Gasteiger charge is 2.21. The molecule has 0 N–H and O–H groups in total. The second-order valence-corrected chi connectivity index (χ2v) is 4.11. The fraction of sp³-hybridized carbons (Fsp3) is 0.300. The predicted octanol–water partition coefficient (Wildman–Crippen LogP) is 2.37. The maximum absolute atomic E-state index is 8.98. The Morgan fingerprint density at radius 2 is 2.29 bits per heavy atom. The van der Waals surface area contributed by atoms with E-state index in [4.69, 9.17) is 5.26 Å². The van der Waals surface area contributed by atoms with Gasteiger partial charge in [0.2, 0.25) is 0 Å². The van der Waals surface area contributed by atoms with Crippen LogP contribution in [0.15, 0.2) is 24.3 Å². The molecule has 2 rings (SSSR count). The predicted molar refractivity (Wildman–Crippen MR) is 58.2 cm³/mol. The van der Waals surface area contributed by atoms with E-state index in [9.17, 15) is 0 Å². The normalized spacial score (nSPS) is 16.1. The average Bonchev–Trinajstić information content (AvgIpc) is 2.27. The molecular formula is C10H11N3S. The molecule has 1 heterocycles. The molecule has 0 fully saturated rings. The van der Waals surface area contributed by atoms with Gasteiger partial charge in [0, 0.05) is 13.1 Å². The molecule has 0 radical (unpaired) electrons. The lowest BCUT2D eigenvalue weighted by molar-refractivity contribution is 0.487. The first-order valence-corrected chi connectivity index (χ1v) is 5.29.